The van der Waals surface area contributed by atoms with Crippen LogP contribution in [0.25, 0.3) is 11.5 Å². The van der Waals surface area contributed by atoms with E-state index >= 15 is 0 Å². The van der Waals surface area contributed by atoms with Crippen molar-refractivity contribution in [1.29, 1.82) is 0 Å². The quantitative estimate of drug-likeness (QED) is 0.292. The molecule has 30 heavy (non-hydrogen) atoms. The maximum Gasteiger partial charge on any atom is 0.226 e. The number of hydrogen-bond donors (Lipinski definition) is 2. The summed E-state index contributed by atoms with van der Waals surface area (Å²) in [5.74, 6) is 2.40. The highest BCUT2D eigenvalue weighted by Gasteiger charge is 2.12. The van der Waals surface area contributed by atoms with E-state index in [-0.39, 0.29) is 24.0 Å². The van der Waals surface area contributed by atoms with Gasteiger partial charge >= 0.3 is 0 Å². The van der Waals surface area contributed by atoms with Crippen LogP contribution in [0.5, 0.6) is 5.75 Å². The number of benzene rings is 2. The number of halogens is 1. The molecule has 2 aromatic carbocycles. The summed E-state index contributed by atoms with van der Waals surface area (Å²) in [6, 6.07) is 14.6. The van der Waals surface area contributed by atoms with Crippen molar-refractivity contribution in [1.82, 2.24) is 15.6 Å². The summed E-state index contributed by atoms with van der Waals surface area (Å²) < 4.78 is 11.2. The molecule has 1 aliphatic heterocycles. The highest BCUT2D eigenvalue weighted by molar-refractivity contribution is 14.0. The van der Waals surface area contributed by atoms with E-state index in [1.807, 2.05) is 12.1 Å². The molecule has 2 N–H and O–H groups in total. The molecule has 0 atom stereocenters. The van der Waals surface area contributed by atoms with Crippen LogP contribution in [0.3, 0.4) is 0 Å². The Morgan fingerprint density at radius 3 is 2.77 bits per heavy atom. The van der Waals surface area contributed by atoms with Crippen molar-refractivity contribution in [2.75, 3.05) is 20.2 Å². The average molecular weight is 518 g/mol. The SMILES string of the molecule is CN=C(NCCc1ccc2c(c1)CCO2)NCc1coc(-c2ccc(C)cc2)n1.I. The van der Waals surface area contributed by atoms with Gasteiger partial charge in [-0.05, 0) is 42.7 Å². The molecule has 0 amide bonds. The number of ether oxygens (including phenoxy) is 1. The van der Waals surface area contributed by atoms with Gasteiger partial charge in [0.1, 0.15) is 12.0 Å². The second-order valence-corrected chi connectivity index (χ2v) is 7.15. The Balaban J connectivity index is 0.00000256. The Kier molecular flexibility index (Phi) is 7.73. The molecule has 0 aliphatic carbocycles. The number of aliphatic imine (C=N–C) groups is 1. The lowest BCUT2D eigenvalue weighted by Gasteiger charge is -2.11. The van der Waals surface area contributed by atoms with Crippen molar-refractivity contribution in [2.45, 2.75) is 26.3 Å². The van der Waals surface area contributed by atoms with Crippen molar-refractivity contribution in [3.63, 3.8) is 0 Å². The Labute approximate surface area is 194 Å². The lowest BCUT2D eigenvalue weighted by Crippen LogP contribution is -2.37. The van der Waals surface area contributed by atoms with Crippen LogP contribution in [0.2, 0.25) is 0 Å². The van der Waals surface area contributed by atoms with Crippen molar-refractivity contribution in [2.24, 2.45) is 4.99 Å². The summed E-state index contributed by atoms with van der Waals surface area (Å²) in [5, 5.41) is 6.63. The molecule has 0 bridgehead atoms. The molecule has 0 saturated carbocycles. The Morgan fingerprint density at radius 1 is 1.13 bits per heavy atom. The van der Waals surface area contributed by atoms with Gasteiger partial charge in [0, 0.05) is 25.6 Å². The lowest BCUT2D eigenvalue weighted by molar-refractivity contribution is 0.357. The minimum atomic E-state index is 0. The predicted molar refractivity (Wildman–Crippen MR) is 130 cm³/mol. The van der Waals surface area contributed by atoms with Crippen LogP contribution in [0.4, 0.5) is 0 Å². The highest BCUT2D eigenvalue weighted by atomic mass is 127. The van der Waals surface area contributed by atoms with Gasteiger partial charge in [-0.2, -0.15) is 0 Å². The van der Waals surface area contributed by atoms with Crippen molar-refractivity contribution in [3.05, 3.63) is 71.1 Å². The topological polar surface area (TPSA) is 71.7 Å². The van der Waals surface area contributed by atoms with E-state index < -0.39 is 0 Å². The number of fused-ring (bicyclic) bond motifs is 1. The predicted octanol–water partition coefficient (Wildman–Crippen LogP) is 4.11. The Bertz CT molecular complexity index is 999. The number of aromatic nitrogens is 1. The van der Waals surface area contributed by atoms with Gasteiger partial charge in [0.2, 0.25) is 5.89 Å². The Hall–Kier alpha value is -2.55. The molecule has 1 aromatic heterocycles. The highest BCUT2D eigenvalue weighted by Crippen LogP contribution is 2.25. The first-order chi connectivity index (χ1) is 14.2. The zero-order valence-corrected chi connectivity index (χ0v) is 19.6. The van der Waals surface area contributed by atoms with E-state index in [4.69, 9.17) is 9.15 Å². The molecule has 3 aromatic rings. The van der Waals surface area contributed by atoms with Crippen LogP contribution in [0, 0.1) is 6.92 Å². The summed E-state index contributed by atoms with van der Waals surface area (Å²) in [4.78, 5) is 8.84. The summed E-state index contributed by atoms with van der Waals surface area (Å²) in [7, 11) is 1.77. The second kappa shape index (κ2) is 10.5. The van der Waals surface area contributed by atoms with Crippen LogP contribution in [0.15, 0.2) is 58.1 Å². The second-order valence-electron chi connectivity index (χ2n) is 7.15. The number of rotatable bonds is 6. The van der Waals surface area contributed by atoms with Crippen LogP contribution in [-0.4, -0.2) is 31.1 Å². The molecule has 7 heteroatoms. The van der Waals surface area contributed by atoms with E-state index in [2.05, 4.69) is 57.9 Å². The molecule has 2 heterocycles. The van der Waals surface area contributed by atoms with Crippen LogP contribution < -0.4 is 15.4 Å². The van der Waals surface area contributed by atoms with Gasteiger partial charge in [-0.1, -0.05) is 29.8 Å². The smallest absolute Gasteiger partial charge is 0.226 e. The number of oxazole rings is 1. The summed E-state index contributed by atoms with van der Waals surface area (Å²) in [5.41, 5.74) is 5.63. The van der Waals surface area contributed by atoms with Gasteiger partial charge in [0.15, 0.2) is 5.96 Å². The molecular weight excluding hydrogens is 491 g/mol. The van der Waals surface area contributed by atoms with E-state index in [1.165, 1.54) is 16.7 Å². The first-order valence-corrected chi connectivity index (χ1v) is 9.92. The molecule has 0 saturated heterocycles. The van der Waals surface area contributed by atoms with Gasteiger partial charge in [-0.3, -0.25) is 4.99 Å². The van der Waals surface area contributed by atoms with E-state index in [0.717, 1.165) is 49.0 Å². The summed E-state index contributed by atoms with van der Waals surface area (Å²) in [6.07, 6.45) is 3.61. The minimum Gasteiger partial charge on any atom is -0.493 e. The van der Waals surface area contributed by atoms with Gasteiger partial charge in [-0.15, -0.1) is 24.0 Å². The molecule has 4 rings (SSSR count). The average Bonchev–Trinajstić information content (AvgIpc) is 3.40. The standard InChI is InChI=1S/C23H26N4O2.HI/c1-16-3-6-18(7-4-16)22-27-20(15-29-22)14-26-23(24-2)25-11-9-17-5-8-21-19(13-17)10-12-28-21;/h3-8,13,15H,9-12,14H2,1-2H3,(H2,24,25,26);1H. The van der Waals surface area contributed by atoms with Gasteiger partial charge < -0.3 is 19.8 Å². The normalized spacial score (nSPS) is 12.7. The first kappa shape index (κ1) is 22.1. The molecule has 0 spiro atoms. The zero-order chi connectivity index (χ0) is 20.1. The first-order valence-electron chi connectivity index (χ1n) is 9.92. The van der Waals surface area contributed by atoms with Crippen molar-refractivity contribution >= 4 is 29.9 Å². The van der Waals surface area contributed by atoms with Gasteiger partial charge in [0.25, 0.3) is 0 Å². The molecular formula is C23H27IN4O2. The van der Waals surface area contributed by atoms with E-state index in [1.54, 1.807) is 13.3 Å². The number of nitrogens with zero attached hydrogens (tertiary/aromatic N) is 2. The molecule has 0 radical (unpaired) electrons. The maximum atomic E-state index is 5.61. The summed E-state index contributed by atoms with van der Waals surface area (Å²) in [6.45, 7) is 4.20. The van der Waals surface area contributed by atoms with E-state index in [9.17, 15) is 0 Å². The Morgan fingerprint density at radius 2 is 1.97 bits per heavy atom. The molecule has 0 fully saturated rings. The fourth-order valence-corrected chi connectivity index (χ4v) is 3.33. The third-order valence-electron chi connectivity index (χ3n) is 4.97. The van der Waals surface area contributed by atoms with Gasteiger partial charge in [-0.25, -0.2) is 4.98 Å². The molecule has 0 unspecified atom stereocenters. The number of nitrogens with one attached hydrogen (secondary N) is 2. The summed E-state index contributed by atoms with van der Waals surface area (Å²) >= 11 is 0. The fourth-order valence-electron chi connectivity index (χ4n) is 3.33. The third kappa shape index (κ3) is 5.53. The third-order valence-corrected chi connectivity index (χ3v) is 4.97. The van der Waals surface area contributed by atoms with Crippen molar-refractivity contribution in [3.8, 4) is 17.2 Å². The fraction of sp³-hybridized carbons (Fsp3) is 0.304. The number of guanidine groups is 1. The van der Waals surface area contributed by atoms with Crippen LogP contribution in [0.1, 0.15) is 22.4 Å². The minimum absolute atomic E-state index is 0. The lowest BCUT2D eigenvalue weighted by atomic mass is 10.1. The molecule has 158 valence electrons. The monoisotopic (exact) mass is 518 g/mol. The van der Waals surface area contributed by atoms with Crippen LogP contribution in [-0.2, 0) is 19.4 Å². The van der Waals surface area contributed by atoms with E-state index in [0.29, 0.717) is 12.4 Å². The van der Waals surface area contributed by atoms with Gasteiger partial charge in [0.05, 0.1) is 18.8 Å². The number of hydrogen-bond acceptors (Lipinski definition) is 4. The molecule has 1 aliphatic rings. The van der Waals surface area contributed by atoms with Crippen LogP contribution >= 0.6 is 24.0 Å². The zero-order valence-electron chi connectivity index (χ0n) is 17.3. The number of aryl methyl sites for hydroxylation is 1. The molecule has 6 nitrogen and oxygen atoms in total. The maximum absolute atomic E-state index is 5.61. The van der Waals surface area contributed by atoms with Crippen molar-refractivity contribution < 1.29 is 9.15 Å². The largest absolute Gasteiger partial charge is 0.493 e.